The Hall–Kier alpha value is -2.51. The van der Waals surface area contributed by atoms with Gasteiger partial charge in [-0.05, 0) is 42.2 Å². The number of aliphatic hydroxyl groups is 1. The second-order valence-electron chi connectivity index (χ2n) is 5.77. The SMILES string of the molecule is COc1cccc2c1N(CC(O)c1ccc(C#N)cc1)CCC2. The number of hydrogen-bond donors (Lipinski definition) is 1. The Morgan fingerprint density at radius 2 is 2.04 bits per heavy atom. The summed E-state index contributed by atoms with van der Waals surface area (Å²) in [4.78, 5) is 2.19. The molecule has 0 bridgehead atoms. The average Bonchev–Trinajstić information content (AvgIpc) is 2.61. The molecule has 4 nitrogen and oxygen atoms in total. The van der Waals surface area contributed by atoms with Gasteiger partial charge in [0.05, 0.1) is 30.5 Å². The van der Waals surface area contributed by atoms with Gasteiger partial charge in [0.1, 0.15) is 5.75 Å². The Morgan fingerprint density at radius 3 is 2.74 bits per heavy atom. The van der Waals surface area contributed by atoms with Gasteiger partial charge < -0.3 is 14.7 Å². The van der Waals surface area contributed by atoms with E-state index in [-0.39, 0.29) is 0 Å². The molecule has 118 valence electrons. The first kappa shape index (κ1) is 15.4. The average molecular weight is 308 g/mol. The van der Waals surface area contributed by atoms with E-state index in [1.54, 1.807) is 19.2 Å². The van der Waals surface area contributed by atoms with Gasteiger partial charge in [0.2, 0.25) is 0 Å². The smallest absolute Gasteiger partial charge is 0.142 e. The number of β-amino-alcohol motifs (C(OH)–C–C–N with tert-alkyl or cyclic N) is 1. The van der Waals surface area contributed by atoms with Crippen LogP contribution < -0.4 is 9.64 Å². The molecule has 1 aliphatic rings. The van der Waals surface area contributed by atoms with Crippen LogP contribution in [0.5, 0.6) is 5.75 Å². The molecule has 2 aromatic rings. The van der Waals surface area contributed by atoms with Crippen molar-refractivity contribution in [2.24, 2.45) is 0 Å². The molecule has 0 radical (unpaired) electrons. The molecule has 0 fully saturated rings. The van der Waals surface area contributed by atoms with Crippen molar-refractivity contribution in [1.29, 1.82) is 5.26 Å². The fourth-order valence-electron chi connectivity index (χ4n) is 3.14. The number of nitriles is 1. The van der Waals surface area contributed by atoms with Crippen molar-refractivity contribution in [3.05, 3.63) is 59.2 Å². The number of anilines is 1. The molecular weight excluding hydrogens is 288 g/mol. The molecule has 2 aromatic carbocycles. The molecule has 3 rings (SSSR count). The highest BCUT2D eigenvalue weighted by Gasteiger charge is 2.23. The van der Waals surface area contributed by atoms with E-state index < -0.39 is 6.10 Å². The van der Waals surface area contributed by atoms with Gasteiger partial charge in [0.15, 0.2) is 0 Å². The standard InChI is InChI=1S/C19H20N2O2/c1-23-18-6-2-4-16-5-3-11-21(19(16)18)13-17(22)15-9-7-14(12-20)8-10-15/h2,4,6-10,17,22H,3,5,11,13H2,1H3. The van der Waals surface area contributed by atoms with Crippen molar-refractivity contribution in [1.82, 2.24) is 0 Å². The number of rotatable bonds is 4. The van der Waals surface area contributed by atoms with Crippen molar-refractivity contribution in [2.75, 3.05) is 25.1 Å². The molecule has 0 saturated heterocycles. The number of aliphatic hydroxyl groups excluding tert-OH is 1. The Kier molecular flexibility index (Phi) is 4.50. The number of ether oxygens (including phenoxy) is 1. The molecule has 1 atom stereocenters. The van der Waals surface area contributed by atoms with Gasteiger partial charge in [-0.2, -0.15) is 5.26 Å². The van der Waals surface area contributed by atoms with Crippen molar-refractivity contribution < 1.29 is 9.84 Å². The molecule has 0 spiro atoms. The lowest BCUT2D eigenvalue weighted by molar-refractivity contribution is 0.182. The zero-order valence-electron chi connectivity index (χ0n) is 13.2. The monoisotopic (exact) mass is 308 g/mol. The lowest BCUT2D eigenvalue weighted by atomic mass is 9.99. The summed E-state index contributed by atoms with van der Waals surface area (Å²) in [6.07, 6.45) is 1.51. The van der Waals surface area contributed by atoms with Crippen LogP contribution >= 0.6 is 0 Å². The van der Waals surface area contributed by atoms with Crippen LogP contribution in [0.1, 0.15) is 29.2 Å². The number of para-hydroxylation sites is 1. The van der Waals surface area contributed by atoms with E-state index in [0.717, 1.165) is 36.4 Å². The minimum absolute atomic E-state index is 0.513. The fourth-order valence-corrected chi connectivity index (χ4v) is 3.14. The van der Waals surface area contributed by atoms with Crippen molar-refractivity contribution in [3.8, 4) is 11.8 Å². The first-order valence-electron chi connectivity index (χ1n) is 7.82. The topological polar surface area (TPSA) is 56.5 Å². The van der Waals surface area contributed by atoms with Crippen molar-refractivity contribution >= 4 is 5.69 Å². The zero-order chi connectivity index (χ0) is 16.2. The Morgan fingerprint density at radius 1 is 1.26 bits per heavy atom. The normalized spacial score (nSPS) is 14.7. The van der Waals surface area contributed by atoms with Gasteiger partial charge in [0, 0.05) is 13.1 Å². The third kappa shape index (κ3) is 3.15. The van der Waals surface area contributed by atoms with E-state index >= 15 is 0 Å². The molecule has 0 amide bonds. The second-order valence-corrected chi connectivity index (χ2v) is 5.77. The van der Waals surface area contributed by atoms with Gasteiger partial charge in [-0.15, -0.1) is 0 Å². The van der Waals surface area contributed by atoms with Crippen LogP contribution in [0.25, 0.3) is 0 Å². The third-order valence-corrected chi connectivity index (χ3v) is 4.31. The molecule has 0 aliphatic carbocycles. The summed E-state index contributed by atoms with van der Waals surface area (Å²) in [5.74, 6) is 0.856. The zero-order valence-corrected chi connectivity index (χ0v) is 13.2. The van der Waals surface area contributed by atoms with E-state index in [9.17, 15) is 5.11 Å². The first-order valence-corrected chi connectivity index (χ1v) is 7.82. The predicted octanol–water partition coefficient (Wildman–Crippen LogP) is 3.05. The third-order valence-electron chi connectivity index (χ3n) is 4.31. The summed E-state index contributed by atoms with van der Waals surface area (Å²) < 4.78 is 5.50. The van der Waals surface area contributed by atoms with Crippen molar-refractivity contribution in [2.45, 2.75) is 18.9 Å². The minimum atomic E-state index is -0.599. The van der Waals surface area contributed by atoms with Crippen LogP contribution in [0.4, 0.5) is 5.69 Å². The van der Waals surface area contributed by atoms with E-state index in [1.807, 2.05) is 24.3 Å². The Labute approximate surface area is 136 Å². The largest absolute Gasteiger partial charge is 0.495 e. The van der Waals surface area contributed by atoms with E-state index in [1.165, 1.54) is 5.56 Å². The van der Waals surface area contributed by atoms with Crippen molar-refractivity contribution in [3.63, 3.8) is 0 Å². The first-order chi connectivity index (χ1) is 11.2. The van der Waals surface area contributed by atoms with Crippen LogP contribution in [0.3, 0.4) is 0 Å². The maximum Gasteiger partial charge on any atom is 0.142 e. The number of nitrogens with zero attached hydrogens (tertiary/aromatic N) is 2. The Balaban J connectivity index is 1.82. The molecule has 4 heteroatoms. The highest BCUT2D eigenvalue weighted by atomic mass is 16.5. The maximum atomic E-state index is 10.6. The van der Waals surface area contributed by atoms with Crippen LogP contribution in [0, 0.1) is 11.3 Å². The van der Waals surface area contributed by atoms with Gasteiger partial charge in [-0.3, -0.25) is 0 Å². The fraction of sp³-hybridized carbons (Fsp3) is 0.316. The van der Waals surface area contributed by atoms with Crippen LogP contribution in [-0.4, -0.2) is 25.3 Å². The van der Waals surface area contributed by atoms with E-state index in [0.29, 0.717) is 12.1 Å². The van der Waals surface area contributed by atoms with Gasteiger partial charge >= 0.3 is 0 Å². The highest BCUT2D eigenvalue weighted by molar-refractivity contribution is 5.65. The number of benzene rings is 2. The highest BCUT2D eigenvalue weighted by Crippen LogP contribution is 2.37. The maximum absolute atomic E-state index is 10.6. The lowest BCUT2D eigenvalue weighted by Crippen LogP contribution is -2.33. The van der Waals surface area contributed by atoms with E-state index in [4.69, 9.17) is 10.00 Å². The second kappa shape index (κ2) is 6.72. The number of aryl methyl sites for hydroxylation is 1. The number of methoxy groups -OCH3 is 1. The van der Waals surface area contributed by atoms with Gasteiger partial charge in [0.25, 0.3) is 0 Å². The molecule has 23 heavy (non-hydrogen) atoms. The summed E-state index contributed by atoms with van der Waals surface area (Å²) in [7, 11) is 1.68. The number of hydrogen-bond acceptors (Lipinski definition) is 4. The van der Waals surface area contributed by atoms with Crippen LogP contribution in [0.15, 0.2) is 42.5 Å². The summed E-state index contributed by atoms with van der Waals surface area (Å²) in [6.45, 7) is 1.42. The molecular formula is C19H20N2O2. The summed E-state index contributed by atoms with van der Waals surface area (Å²) in [5.41, 5.74) is 3.79. The lowest BCUT2D eigenvalue weighted by Gasteiger charge is -2.34. The molecule has 1 aliphatic heterocycles. The molecule has 0 saturated carbocycles. The molecule has 1 unspecified atom stereocenters. The summed E-state index contributed by atoms with van der Waals surface area (Å²) >= 11 is 0. The summed E-state index contributed by atoms with van der Waals surface area (Å²) in [6, 6.07) is 15.3. The molecule has 1 heterocycles. The molecule has 0 aromatic heterocycles. The minimum Gasteiger partial charge on any atom is -0.495 e. The van der Waals surface area contributed by atoms with Crippen LogP contribution in [-0.2, 0) is 6.42 Å². The predicted molar refractivity (Wildman–Crippen MR) is 89.6 cm³/mol. The van der Waals surface area contributed by atoms with Gasteiger partial charge in [-0.25, -0.2) is 0 Å². The summed E-state index contributed by atoms with van der Waals surface area (Å²) in [5, 5.41) is 19.4. The van der Waals surface area contributed by atoms with E-state index in [2.05, 4.69) is 17.0 Å². The Bertz CT molecular complexity index is 705. The quantitative estimate of drug-likeness (QED) is 0.943. The van der Waals surface area contributed by atoms with Crippen LogP contribution in [0.2, 0.25) is 0 Å². The molecule has 1 N–H and O–H groups in total. The number of fused-ring (bicyclic) bond motifs is 1. The van der Waals surface area contributed by atoms with Gasteiger partial charge in [-0.1, -0.05) is 24.3 Å².